The van der Waals surface area contributed by atoms with Gasteiger partial charge in [0.05, 0.1) is 19.3 Å². The van der Waals surface area contributed by atoms with E-state index in [4.69, 9.17) is 9.47 Å². The summed E-state index contributed by atoms with van der Waals surface area (Å²) in [5, 5.41) is 6.80. The maximum absolute atomic E-state index is 12.5. The zero-order valence-corrected chi connectivity index (χ0v) is 16.2. The first-order valence-electron chi connectivity index (χ1n) is 10.0. The minimum Gasteiger partial charge on any atom is -0.490 e. The molecule has 5 heteroatoms. The second-order valence-corrected chi connectivity index (χ2v) is 7.54. The van der Waals surface area contributed by atoms with Crippen molar-refractivity contribution in [2.45, 2.75) is 71.0 Å². The number of fused-ring (bicyclic) bond motifs is 2. The van der Waals surface area contributed by atoms with Crippen LogP contribution in [0.4, 0.5) is 0 Å². The number of carbonyl (C=O) groups excluding carboxylic acids is 1. The van der Waals surface area contributed by atoms with Crippen molar-refractivity contribution in [2.75, 3.05) is 13.2 Å². The fourth-order valence-corrected chi connectivity index (χ4v) is 4.32. The zero-order chi connectivity index (χ0) is 18.5. The summed E-state index contributed by atoms with van der Waals surface area (Å²) in [6, 6.07) is 7.12. The van der Waals surface area contributed by atoms with Gasteiger partial charge in [0.25, 0.3) is 0 Å². The Hall–Kier alpha value is -1.75. The lowest BCUT2D eigenvalue weighted by molar-refractivity contribution is -0.122. The minimum absolute atomic E-state index is 0.0455. The van der Waals surface area contributed by atoms with Crippen molar-refractivity contribution in [2.24, 2.45) is 5.92 Å². The molecular formula is C21H32N2O3. The van der Waals surface area contributed by atoms with Gasteiger partial charge in [-0.05, 0) is 70.1 Å². The standard InChI is InChI=1S/C21H32N2O3/c1-4-25-19-9-6-16(13-20(19)26-5-2)14(3)22-21(24)12-15-10-17-7-8-18(11-15)23-17/h6,9,13-15,17-18,23H,4-5,7-8,10-12H2,1-3H3,(H,22,24). The Morgan fingerprint density at radius 1 is 1.15 bits per heavy atom. The van der Waals surface area contributed by atoms with Crippen molar-refractivity contribution in [3.63, 3.8) is 0 Å². The smallest absolute Gasteiger partial charge is 0.220 e. The summed E-state index contributed by atoms with van der Waals surface area (Å²) in [7, 11) is 0. The van der Waals surface area contributed by atoms with E-state index in [0.29, 0.717) is 37.6 Å². The quantitative estimate of drug-likeness (QED) is 0.744. The monoisotopic (exact) mass is 360 g/mol. The molecule has 3 atom stereocenters. The van der Waals surface area contributed by atoms with Crippen LogP contribution in [0.25, 0.3) is 0 Å². The highest BCUT2D eigenvalue weighted by molar-refractivity contribution is 5.76. The largest absolute Gasteiger partial charge is 0.490 e. The van der Waals surface area contributed by atoms with E-state index in [-0.39, 0.29) is 11.9 Å². The number of ether oxygens (including phenoxy) is 2. The van der Waals surface area contributed by atoms with E-state index in [1.165, 1.54) is 12.8 Å². The SMILES string of the molecule is CCOc1ccc(C(C)NC(=O)CC2CC3CCC(C2)N3)cc1OCC. The zero-order valence-electron chi connectivity index (χ0n) is 16.2. The predicted molar refractivity (Wildman–Crippen MR) is 103 cm³/mol. The highest BCUT2D eigenvalue weighted by Crippen LogP contribution is 2.33. The number of nitrogens with one attached hydrogen (secondary N) is 2. The molecule has 2 saturated heterocycles. The van der Waals surface area contributed by atoms with Gasteiger partial charge < -0.3 is 20.1 Å². The van der Waals surface area contributed by atoms with E-state index >= 15 is 0 Å². The molecule has 2 aliphatic heterocycles. The van der Waals surface area contributed by atoms with Gasteiger partial charge in [-0.1, -0.05) is 6.07 Å². The molecule has 144 valence electrons. The number of amides is 1. The van der Waals surface area contributed by atoms with Crippen LogP contribution in [0.5, 0.6) is 11.5 Å². The molecule has 1 aromatic rings. The molecule has 2 fully saturated rings. The van der Waals surface area contributed by atoms with Gasteiger partial charge in [-0.25, -0.2) is 0 Å². The molecule has 0 aromatic heterocycles. The van der Waals surface area contributed by atoms with Crippen molar-refractivity contribution in [1.82, 2.24) is 10.6 Å². The highest BCUT2D eigenvalue weighted by Gasteiger charge is 2.34. The van der Waals surface area contributed by atoms with E-state index in [9.17, 15) is 4.79 Å². The Bertz CT molecular complexity index is 607. The number of hydrogen-bond donors (Lipinski definition) is 2. The molecule has 2 heterocycles. The summed E-state index contributed by atoms with van der Waals surface area (Å²) < 4.78 is 11.3. The van der Waals surface area contributed by atoms with Crippen molar-refractivity contribution in [1.29, 1.82) is 0 Å². The van der Waals surface area contributed by atoms with Crippen LogP contribution < -0.4 is 20.1 Å². The molecule has 0 saturated carbocycles. The number of hydrogen-bond acceptors (Lipinski definition) is 4. The Labute approximate surface area is 156 Å². The lowest BCUT2D eigenvalue weighted by Gasteiger charge is -2.29. The Kier molecular flexibility index (Phi) is 6.41. The fourth-order valence-electron chi connectivity index (χ4n) is 4.32. The van der Waals surface area contributed by atoms with Crippen molar-refractivity contribution in [3.8, 4) is 11.5 Å². The Morgan fingerprint density at radius 3 is 2.46 bits per heavy atom. The topological polar surface area (TPSA) is 59.6 Å². The third-order valence-corrected chi connectivity index (χ3v) is 5.49. The van der Waals surface area contributed by atoms with E-state index < -0.39 is 0 Å². The first kappa shape index (κ1) is 19.0. The number of carbonyl (C=O) groups is 1. The van der Waals surface area contributed by atoms with Crippen LogP contribution in [-0.4, -0.2) is 31.2 Å². The maximum Gasteiger partial charge on any atom is 0.220 e. The second kappa shape index (κ2) is 8.76. The lowest BCUT2D eigenvalue weighted by Crippen LogP contribution is -2.40. The van der Waals surface area contributed by atoms with Gasteiger partial charge in [0.1, 0.15) is 0 Å². The molecule has 0 spiro atoms. The van der Waals surface area contributed by atoms with Gasteiger partial charge in [0.2, 0.25) is 5.91 Å². The normalized spacial score (nSPS) is 25.6. The van der Waals surface area contributed by atoms with Gasteiger partial charge in [-0.15, -0.1) is 0 Å². The van der Waals surface area contributed by atoms with Crippen LogP contribution >= 0.6 is 0 Å². The summed E-state index contributed by atoms with van der Waals surface area (Å²) in [6.07, 6.45) is 5.44. The molecule has 2 aliphatic rings. The Morgan fingerprint density at radius 2 is 1.81 bits per heavy atom. The third-order valence-electron chi connectivity index (χ3n) is 5.49. The van der Waals surface area contributed by atoms with E-state index in [1.54, 1.807) is 0 Å². The van der Waals surface area contributed by atoms with Crippen LogP contribution in [0.1, 0.15) is 64.5 Å². The molecule has 1 amide bonds. The van der Waals surface area contributed by atoms with Gasteiger partial charge in [-0.3, -0.25) is 4.79 Å². The first-order chi connectivity index (χ1) is 12.6. The van der Waals surface area contributed by atoms with Crippen molar-refractivity contribution >= 4 is 5.91 Å². The van der Waals surface area contributed by atoms with Crippen LogP contribution in [-0.2, 0) is 4.79 Å². The summed E-state index contributed by atoms with van der Waals surface area (Å²) in [5.74, 6) is 2.15. The maximum atomic E-state index is 12.5. The van der Waals surface area contributed by atoms with Crippen molar-refractivity contribution in [3.05, 3.63) is 23.8 Å². The fraction of sp³-hybridized carbons (Fsp3) is 0.667. The summed E-state index contributed by atoms with van der Waals surface area (Å²) >= 11 is 0. The number of benzene rings is 1. The Balaban J connectivity index is 1.57. The molecule has 1 aromatic carbocycles. The molecule has 3 rings (SSSR count). The van der Waals surface area contributed by atoms with Crippen LogP contribution in [0, 0.1) is 5.92 Å². The lowest BCUT2D eigenvalue weighted by atomic mass is 9.89. The van der Waals surface area contributed by atoms with E-state index in [1.807, 2.05) is 39.0 Å². The van der Waals surface area contributed by atoms with E-state index in [0.717, 1.165) is 29.9 Å². The van der Waals surface area contributed by atoms with Crippen LogP contribution in [0.3, 0.4) is 0 Å². The van der Waals surface area contributed by atoms with Gasteiger partial charge >= 0.3 is 0 Å². The number of piperidine rings is 1. The molecule has 2 N–H and O–H groups in total. The average molecular weight is 360 g/mol. The molecular weight excluding hydrogens is 328 g/mol. The minimum atomic E-state index is -0.0455. The first-order valence-corrected chi connectivity index (χ1v) is 10.0. The van der Waals surface area contributed by atoms with E-state index in [2.05, 4.69) is 10.6 Å². The summed E-state index contributed by atoms with van der Waals surface area (Å²) in [5.41, 5.74) is 1.04. The van der Waals surface area contributed by atoms with Gasteiger partial charge in [0.15, 0.2) is 11.5 Å². The van der Waals surface area contributed by atoms with Crippen LogP contribution in [0.2, 0.25) is 0 Å². The molecule has 3 unspecified atom stereocenters. The van der Waals surface area contributed by atoms with Gasteiger partial charge in [0, 0.05) is 18.5 Å². The molecule has 5 nitrogen and oxygen atoms in total. The third kappa shape index (κ3) is 4.70. The van der Waals surface area contributed by atoms with Crippen LogP contribution in [0.15, 0.2) is 18.2 Å². The summed E-state index contributed by atoms with van der Waals surface area (Å²) in [6.45, 7) is 7.13. The molecule has 0 radical (unpaired) electrons. The molecule has 2 bridgehead atoms. The predicted octanol–water partition coefficient (Wildman–Crippen LogP) is 3.58. The molecule has 26 heavy (non-hydrogen) atoms. The van der Waals surface area contributed by atoms with Crippen molar-refractivity contribution < 1.29 is 14.3 Å². The average Bonchev–Trinajstić information content (AvgIpc) is 2.95. The second-order valence-electron chi connectivity index (χ2n) is 7.54. The summed E-state index contributed by atoms with van der Waals surface area (Å²) in [4.78, 5) is 12.5. The van der Waals surface area contributed by atoms with Gasteiger partial charge in [-0.2, -0.15) is 0 Å². The molecule has 0 aliphatic carbocycles. The highest BCUT2D eigenvalue weighted by atomic mass is 16.5. The number of rotatable bonds is 8.